The highest BCUT2D eigenvalue weighted by Gasteiger charge is 2.28. The van der Waals surface area contributed by atoms with E-state index < -0.39 is 0 Å². The van der Waals surface area contributed by atoms with Gasteiger partial charge in [0.1, 0.15) is 0 Å². The molecule has 1 amide bonds. The zero-order chi connectivity index (χ0) is 12.3. The molecule has 4 heteroatoms. The van der Waals surface area contributed by atoms with Crippen LogP contribution >= 0.6 is 12.4 Å². The Bertz CT molecular complexity index is 386. The first-order chi connectivity index (χ1) is 8.09. The van der Waals surface area contributed by atoms with Crippen LogP contribution in [-0.2, 0) is 10.3 Å². The second kappa shape index (κ2) is 6.21. The Labute approximate surface area is 115 Å². The van der Waals surface area contributed by atoms with E-state index in [1.165, 1.54) is 0 Å². The second-order valence-electron chi connectivity index (χ2n) is 5.13. The minimum atomic E-state index is -0.317. The van der Waals surface area contributed by atoms with Crippen LogP contribution in [0.2, 0.25) is 0 Å². The molecule has 0 aliphatic carbocycles. The van der Waals surface area contributed by atoms with E-state index in [4.69, 9.17) is 0 Å². The molecule has 18 heavy (non-hydrogen) atoms. The number of carbonyl (C=O) groups is 1. The fourth-order valence-electron chi connectivity index (χ4n) is 2.23. The standard InChI is InChI=1S/C14H20N2O.ClH/c1-14(2,11-7-4-3-5-8-11)16-13(17)12-9-6-10-15-12;/h3-5,7-8,12,15H,6,9-10H2,1-2H3,(H,16,17);1H. The molecule has 0 bridgehead atoms. The lowest BCUT2D eigenvalue weighted by Gasteiger charge is -2.28. The van der Waals surface area contributed by atoms with Crippen LogP contribution in [0.3, 0.4) is 0 Å². The quantitative estimate of drug-likeness (QED) is 0.883. The van der Waals surface area contributed by atoms with Gasteiger partial charge >= 0.3 is 0 Å². The highest BCUT2D eigenvalue weighted by Crippen LogP contribution is 2.20. The van der Waals surface area contributed by atoms with Crippen LogP contribution in [0.4, 0.5) is 0 Å². The summed E-state index contributed by atoms with van der Waals surface area (Å²) in [6, 6.07) is 10.1. The first kappa shape index (κ1) is 15.0. The van der Waals surface area contributed by atoms with E-state index in [0.29, 0.717) is 0 Å². The maximum absolute atomic E-state index is 12.1. The number of halogens is 1. The molecule has 100 valence electrons. The van der Waals surface area contributed by atoms with Gasteiger partial charge in [0, 0.05) is 0 Å². The van der Waals surface area contributed by atoms with Crippen molar-refractivity contribution in [1.82, 2.24) is 10.6 Å². The summed E-state index contributed by atoms with van der Waals surface area (Å²) in [5, 5.41) is 6.33. The molecule has 0 saturated carbocycles. The predicted molar refractivity (Wildman–Crippen MR) is 75.9 cm³/mol. The summed E-state index contributed by atoms with van der Waals surface area (Å²) >= 11 is 0. The third kappa shape index (κ3) is 3.47. The highest BCUT2D eigenvalue weighted by atomic mass is 35.5. The van der Waals surface area contributed by atoms with Crippen LogP contribution in [0.1, 0.15) is 32.3 Å². The monoisotopic (exact) mass is 268 g/mol. The van der Waals surface area contributed by atoms with Crippen molar-refractivity contribution in [3.8, 4) is 0 Å². The third-order valence-corrected chi connectivity index (χ3v) is 3.31. The van der Waals surface area contributed by atoms with E-state index in [0.717, 1.165) is 24.9 Å². The smallest absolute Gasteiger partial charge is 0.237 e. The van der Waals surface area contributed by atoms with Gasteiger partial charge in [-0.25, -0.2) is 0 Å². The number of benzene rings is 1. The molecule has 2 rings (SSSR count). The molecule has 1 unspecified atom stereocenters. The molecule has 1 atom stereocenters. The molecule has 0 radical (unpaired) electrons. The molecule has 0 spiro atoms. The topological polar surface area (TPSA) is 41.1 Å². The number of carbonyl (C=O) groups excluding carboxylic acids is 1. The van der Waals surface area contributed by atoms with Gasteiger partial charge in [-0.2, -0.15) is 0 Å². The molecule has 0 aromatic heterocycles. The highest BCUT2D eigenvalue weighted by molar-refractivity contribution is 5.85. The zero-order valence-corrected chi connectivity index (χ0v) is 11.7. The molecule has 1 saturated heterocycles. The number of rotatable bonds is 3. The molecule has 1 aromatic carbocycles. The van der Waals surface area contributed by atoms with Gasteiger partial charge in [-0.05, 0) is 38.8 Å². The summed E-state index contributed by atoms with van der Waals surface area (Å²) < 4.78 is 0. The lowest BCUT2D eigenvalue weighted by molar-refractivity contribution is -0.124. The van der Waals surface area contributed by atoms with Crippen molar-refractivity contribution < 1.29 is 4.79 Å². The molecule has 1 aliphatic rings. The van der Waals surface area contributed by atoms with Gasteiger partial charge in [0.25, 0.3) is 0 Å². The molecule has 2 N–H and O–H groups in total. The van der Waals surface area contributed by atoms with Gasteiger partial charge in [-0.15, -0.1) is 12.4 Å². The Morgan fingerprint density at radius 2 is 2.00 bits per heavy atom. The minimum Gasteiger partial charge on any atom is -0.346 e. The van der Waals surface area contributed by atoms with Gasteiger partial charge in [-0.3, -0.25) is 4.79 Å². The van der Waals surface area contributed by atoms with Crippen LogP contribution < -0.4 is 10.6 Å². The van der Waals surface area contributed by atoms with Crippen molar-refractivity contribution in [1.29, 1.82) is 0 Å². The predicted octanol–water partition coefficient (Wildman–Crippen LogP) is 2.21. The van der Waals surface area contributed by atoms with Crippen LogP contribution in [-0.4, -0.2) is 18.5 Å². The Kier molecular flexibility index (Phi) is 5.17. The molecule has 1 heterocycles. The summed E-state index contributed by atoms with van der Waals surface area (Å²) in [7, 11) is 0. The van der Waals surface area contributed by atoms with Crippen molar-refractivity contribution in [2.24, 2.45) is 0 Å². The lowest BCUT2D eigenvalue weighted by Crippen LogP contribution is -2.48. The number of amides is 1. The van der Waals surface area contributed by atoms with E-state index in [9.17, 15) is 4.79 Å². The van der Waals surface area contributed by atoms with Crippen LogP contribution in [0, 0.1) is 0 Å². The number of hydrogen-bond acceptors (Lipinski definition) is 2. The van der Waals surface area contributed by atoms with Gasteiger partial charge in [-0.1, -0.05) is 30.3 Å². The Morgan fingerprint density at radius 1 is 1.33 bits per heavy atom. The summed E-state index contributed by atoms with van der Waals surface area (Å²) in [5.74, 6) is 0.108. The van der Waals surface area contributed by atoms with E-state index in [1.807, 2.05) is 44.2 Å². The number of nitrogens with one attached hydrogen (secondary N) is 2. The van der Waals surface area contributed by atoms with E-state index in [-0.39, 0.29) is 29.9 Å². The summed E-state index contributed by atoms with van der Waals surface area (Å²) in [6.45, 7) is 5.02. The van der Waals surface area contributed by atoms with Crippen LogP contribution in [0.25, 0.3) is 0 Å². The fraction of sp³-hybridized carbons (Fsp3) is 0.500. The minimum absolute atomic E-state index is 0. The van der Waals surface area contributed by atoms with Crippen molar-refractivity contribution in [2.75, 3.05) is 6.54 Å². The normalized spacial score (nSPS) is 19.1. The molecule has 1 fully saturated rings. The van der Waals surface area contributed by atoms with Gasteiger partial charge in [0.15, 0.2) is 0 Å². The molecule has 1 aromatic rings. The summed E-state index contributed by atoms with van der Waals surface area (Å²) in [6.07, 6.45) is 2.03. The Morgan fingerprint density at radius 3 is 2.56 bits per heavy atom. The van der Waals surface area contributed by atoms with Crippen molar-refractivity contribution in [3.05, 3.63) is 35.9 Å². The molecular weight excluding hydrogens is 248 g/mol. The lowest BCUT2D eigenvalue weighted by atomic mass is 9.94. The molecule has 3 nitrogen and oxygen atoms in total. The van der Waals surface area contributed by atoms with Gasteiger partial charge in [0.05, 0.1) is 11.6 Å². The van der Waals surface area contributed by atoms with Crippen molar-refractivity contribution in [2.45, 2.75) is 38.3 Å². The SMILES string of the molecule is CC(C)(NC(=O)C1CCCN1)c1ccccc1.Cl. The maximum atomic E-state index is 12.1. The van der Waals surface area contributed by atoms with E-state index in [2.05, 4.69) is 10.6 Å². The zero-order valence-electron chi connectivity index (χ0n) is 10.9. The summed E-state index contributed by atoms with van der Waals surface area (Å²) in [5.41, 5.74) is 0.814. The average Bonchev–Trinajstić information content (AvgIpc) is 2.83. The Hall–Kier alpha value is -1.06. The maximum Gasteiger partial charge on any atom is 0.237 e. The average molecular weight is 269 g/mol. The van der Waals surface area contributed by atoms with E-state index in [1.54, 1.807) is 0 Å². The largest absolute Gasteiger partial charge is 0.346 e. The van der Waals surface area contributed by atoms with Crippen molar-refractivity contribution >= 4 is 18.3 Å². The fourth-order valence-corrected chi connectivity index (χ4v) is 2.23. The first-order valence-electron chi connectivity index (χ1n) is 6.20. The second-order valence-corrected chi connectivity index (χ2v) is 5.13. The van der Waals surface area contributed by atoms with Crippen molar-refractivity contribution in [3.63, 3.8) is 0 Å². The first-order valence-corrected chi connectivity index (χ1v) is 6.20. The Balaban J connectivity index is 0.00000162. The summed E-state index contributed by atoms with van der Waals surface area (Å²) in [4.78, 5) is 12.1. The van der Waals surface area contributed by atoms with Crippen LogP contribution in [0.5, 0.6) is 0 Å². The molecule has 1 aliphatic heterocycles. The van der Waals surface area contributed by atoms with Gasteiger partial charge < -0.3 is 10.6 Å². The number of hydrogen-bond donors (Lipinski definition) is 2. The third-order valence-electron chi connectivity index (χ3n) is 3.31. The van der Waals surface area contributed by atoms with Crippen LogP contribution in [0.15, 0.2) is 30.3 Å². The van der Waals surface area contributed by atoms with Gasteiger partial charge in [0.2, 0.25) is 5.91 Å². The van der Waals surface area contributed by atoms with E-state index >= 15 is 0 Å². The molecular formula is C14H21ClN2O.